The van der Waals surface area contributed by atoms with Crippen LogP contribution in [0.2, 0.25) is 0 Å². The van der Waals surface area contributed by atoms with Crippen LogP contribution in [0.25, 0.3) is 0 Å². The molecule has 0 aromatic heterocycles. The lowest BCUT2D eigenvalue weighted by Crippen LogP contribution is -2.24. The zero-order valence-electron chi connectivity index (χ0n) is 12.4. The number of rotatable bonds is 5. The molecule has 2 amide bonds. The summed E-state index contributed by atoms with van der Waals surface area (Å²) >= 11 is 0. The smallest absolute Gasteiger partial charge is 0.339 e. The van der Waals surface area contributed by atoms with Crippen molar-refractivity contribution in [2.24, 2.45) is 5.10 Å². The first-order valence-corrected chi connectivity index (χ1v) is 6.60. The predicted octanol–water partition coefficient (Wildman–Crippen LogP) is 2.86. The molecule has 0 unspecified atom stereocenters. The van der Waals surface area contributed by atoms with E-state index >= 15 is 0 Å². The van der Waals surface area contributed by atoms with Gasteiger partial charge < -0.3 is 14.8 Å². The quantitative estimate of drug-likeness (QED) is 0.658. The van der Waals surface area contributed by atoms with Crippen molar-refractivity contribution in [1.82, 2.24) is 5.43 Å². The van der Waals surface area contributed by atoms with E-state index in [2.05, 4.69) is 15.8 Å². The zero-order chi connectivity index (χ0) is 15.8. The maximum absolute atomic E-state index is 11.7. The van der Waals surface area contributed by atoms with E-state index in [-0.39, 0.29) is 0 Å². The molecule has 6 nitrogen and oxygen atoms in total. The highest BCUT2D eigenvalue weighted by atomic mass is 16.5. The van der Waals surface area contributed by atoms with E-state index in [1.165, 1.54) is 6.21 Å². The molecule has 2 aromatic carbocycles. The van der Waals surface area contributed by atoms with Gasteiger partial charge in [-0.1, -0.05) is 18.2 Å². The van der Waals surface area contributed by atoms with E-state index in [1.807, 2.05) is 18.2 Å². The van der Waals surface area contributed by atoms with Crippen molar-refractivity contribution >= 4 is 17.9 Å². The number of nitrogens with one attached hydrogen (secondary N) is 2. The number of nitrogens with zero attached hydrogens (tertiary/aromatic N) is 1. The molecule has 0 spiro atoms. The Morgan fingerprint density at radius 3 is 2.55 bits per heavy atom. The minimum atomic E-state index is -0.421. The van der Waals surface area contributed by atoms with Crippen LogP contribution in [0.3, 0.4) is 0 Å². The van der Waals surface area contributed by atoms with Gasteiger partial charge in [0, 0.05) is 17.3 Å². The third-order valence-electron chi connectivity index (χ3n) is 2.84. The molecule has 0 bridgehead atoms. The molecule has 0 aliphatic heterocycles. The topological polar surface area (TPSA) is 72.0 Å². The largest absolute Gasteiger partial charge is 0.497 e. The number of carbonyl (C=O) groups excluding carboxylic acids is 1. The molecule has 114 valence electrons. The number of hydrogen-bond donors (Lipinski definition) is 2. The summed E-state index contributed by atoms with van der Waals surface area (Å²) in [5.41, 5.74) is 3.81. The van der Waals surface area contributed by atoms with E-state index in [0.29, 0.717) is 17.2 Å². The SMILES string of the molecule is COc1ccc(/C=N\NC(=O)Nc2ccccc2)c(OC)c1. The van der Waals surface area contributed by atoms with Gasteiger partial charge in [0.15, 0.2) is 0 Å². The highest BCUT2D eigenvalue weighted by Crippen LogP contribution is 2.22. The van der Waals surface area contributed by atoms with Crippen LogP contribution in [0.1, 0.15) is 5.56 Å². The maximum atomic E-state index is 11.7. The number of hydrazone groups is 1. The Morgan fingerprint density at radius 1 is 1.09 bits per heavy atom. The summed E-state index contributed by atoms with van der Waals surface area (Å²) in [6.07, 6.45) is 1.50. The van der Waals surface area contributed by atoms with Crippen molar-refractivity contribution in [3.05, 3.63) is 54.1 Å². The first-order chi connectivity index (χ1) is 10.7. The Bertz CT molecular complexity index is 657. The number of para-hydroxylation sites is 1. The van der Waals surface area contributed by atoms with Gasteiger partial charge in [0.05, 0.1) is 20.4 Å². The molecular formula is C16H17N3O3. The molecular weight excluding hydrogens is 282 g/mol. The standard InChI is InChI=1S/C16H17N3O3/c1-21-14-9-8-12(15(10-14)22-2)11-17-19-16(20)18-13-6-4-3-5-7-13/h3-11H,1-2H3,(H2,18,19,20)/b17-11-. The van der Waals surface area contributed by atoms with E-state index in [0.717, 1.165) is 5.56 Å². The van der Waals surface area contributed by atoms with Crippen molar-refractivity contribution < 1.29 is 14.3 Å². The van der Waals surface area contributed by atoms with Crippen LogP contribution in [0.5, 0.6) is 11.5 Å². The lowest BCUT2D eigenvalue weighted by atomic mass is 10.2. The molecule has 0 aliphatic carbocycles. The number of urea groups is 1. The minimum absolute atomic E-state index is 0.421. The lowest BCUT2D eigenvalue weighted by molar-refractivity contribution is 0.252. The molecule has 0 saturated heterocycles. The number of benzene rings is 2. The fraction of sp³-hybridized carbons (Fsp3) is 0.125. The number of anilines is 1. The molecule has 0 fully saturated rings. The van der Waals surface area contributed by atoms with Crippen LogP contribution in [0.15, 0.2) is 53.6 Å². The molecule has 0 heterocycles. The van der Waals surface area contributed by atoms with Crippen molar-refractivity contribution in [3.8, 4) is 11.5 Å². The second kappa shape index (κ2) is 7.68. The maximum Gasteiger partial charge on any atom is 0.339 e. The van der Waals surface area contributed by atoms with Gasteiger partial charge in [-0.15, -0.1) is 0 Å². The van der Waals surface area contributed by atoms with Gasteiger partial charge in [-0.25, -0.2) is 10.2 Å². The van der Waals surface area contributed by atoms with Crippen molar-refractivity contribution in [1.29, 1.82) is 0 Å². The summed E-state index contributed by atoms with van der Waals surface area (Å²) in [4.78, 5) is 11.7. The summed E-state index contributed by atoms with van der Waals surface area (Å²) in [5, 5.41) is 6.55. The average molecular weight is 299 g/mol. The lowest BCUT2D eigenvalue weighted by Gasteiger charge is -2.07. The van der Waals surface area contributed by atoms with Crippen LogP contribution < -0.4 is 20.2 Å². The molecule has 22 heavy (non-hydrogen) atoms. The highest BCUT2D eigenvalue weighted by molar-refractivity contribution is 5.90. The number of amides is 2. The van der Waals surface area contributed by atoms with E-state index in [9.17, 15) is 4.79 Å². The van der Waals surface area contributed by atoms with Crippen LogP contribution in [-0.4, -0.2) is 26.5 Å². The van der Waals surface area contributed by atoms with Crippen LogP contribution in [0.4, 0.5) is 10.5 Å². The van der Waals surface area contributed by atoms with Gasteiger partial charge in [-0.05, 0) is 24.3 Å². The van der Waals surface area contributed by atoms with Crippen LogP contribution in [-0.2, 0) is 0 Å². The number of methoxy groups -OCH3 is 2. The van der Waals surface area contributed by atoms with Gasteiger partial charge in [-0.3, -0.25) is 0 Å². The summed E-state index contributed by atoms with van der Waals surface area (Å²) in [5.74, 6) is 1.29. The van der Waals surface area contributed by atoms with Gasteiger partial charge in [-0.2, -0.15) is 5.10 Å². The Hall–Kier alpha value is -3.02. The van der Waals surface area contributed by atoms with Gasteiger partial charge in [0.2, 0.25) is 0 Å². The molecule has 2 rings (SSSR count). The van der Waals surface area contributed by atoms with Gasteiger partial charge in [0.25, 0.3) is 0 Å². The van der Waals surface area contributed by atoms with E-state index < -0.39 is 6.03 Å². The summed E-state index contributed by atoms with van der Waals surface area (Å²) in [6.45, 7) is 0. The van der Waals surface area contributed by atoms with Crippen LogP contribution in [0, 0.1) is 0 Å². The number of hydrogen-bond acceptors (Lipinski definition) is 4. The van der Waals surface area contributed by atoms with Crippen molar-refractivity contribution in [2.45, 2.75) is 0 Å². The Morgan fingerprint density at radius 2 is 1.86 bits per heavy atom. The highest BCUT2D eigenvalue weighted by Gasteiger charge is 2.03. The molecule has 2 N–H and O–H groups in total. The summed E-state index contributed by atoms with van der Waals surface area (Å²) in [6, 6.07) is 14.0. The second-order valence-electron chi connectivity index (χ2n) is 4.30. The summed E-state index contributed by atoms with van der Waals surface area (Å²) in [7, 11) is 3.14. The van der Waals surface area contributed by atoms with Gasteiger partial charge >= 0.3 is 6.03 Å². The van der Waals surface area contributed by atoms with Crippen molar-refractivity contribution in [3.63, 3.8) is 0 Å². The first-order valence-electron chi connectivity index (χ1n) is 6.60. The zero-order valence-corrected chi connectivity index (χ0v) is 12.4. The fourth-order valence-electron chi connectivity index (χ4n) is 1.77. The van der Waals surface area contributed by atoms with E-state index in [4.69, 9.17) is 9.47 Å². The normalized spacial score (nSPS) is 10.3. The minimum Gasteiger partial charge on any atom is -0.497 e. The van der Waals surface area contributed by atoms with Crippen molar-refractivity contribution in [2.75, 3.05) is 19.5 Å². The average Bonchev–Trinajstić information content (AvgIpc) is 2.56. The predicted molar refractivity (Wildman–Crippen MR) is 85.7 cm³/mol. The fourth-order valence-corrected chi connectivity index (χ4v) is 1.77. The first kappa shape index (κ1) is 15.4. The Balaban J connectivity index is 1.96. The number of ether oxygens (including phenoxy) is 2. The second-order valence-corrected chi connectivity index (χ2v) is 4.30. The summed E-state index contributed by atoms with van der Waals surface area (Å²) < 4.78 is 10.4. The molecule has 0 atom stereocenters. The third kappa shape index (κ3) is 4.24. The Labute approximate surface area is 128 Å². The van der Waals surface area contributed by atoms with Crippen LogP contribution >= 0.6 is 0 Å². The Kier molecular flexibility index (Phi) is 5.37. The third-order valence-corrected chi connectivity index (χ3v) is 2.84. The van der Waals surface area contributed by atoms with E-state index in [1.54, 1.807) is 44.6 Å². The van der Waals surface area contributed by atoms with Gasteiger partial charge in [0.1, 0.15) is 11.5 Å². The number of carbonyl (C=O) groups is 1. The molecule has 6 heteroatoms. The molecule has 2 aromatic rings. The molecule has 0 radical (unpaired) electrons. The molecule has 0 saturated carbocycles. The molecule has 0 aliphatic rings. The monoisotopic (exact) mass is 299 g/mol.